The first kappa shape index (κ1) is 11.6. The van der Waals surface area contributed by atoms with Crippen LogP contribution in [0.1, 0.15) is 16.3 Å². The van der Waals surface area contributed by atoms with Crippen LogP contribution in [0.15, 0.2) is 36.8 Å². The van der Waals surface area contributed by atoms with Gasteiger partial charge in [0, 0.05) is 20.3 Å². The van der Waals surface area contributed by atoms with Crippen LogP contribution >= 0.6 is 0 Å². The second-order valence-corrected chi connectivity index (χ2v) is 4.60. The topological polar surface area (TPSA) is 52.7 Å². The summed E-state index contributed by atoms with van der Waals surface area (Å²) < 4.78 is 3.72. The van der Waals surface area contributed by atoms with Gasteiger partial charge in [0.25, 0.3) is 0 Å². The molecule has 0 bridgehead atoms. The number of ketones is 1. The van der Waals surface area contributed by atoms with Crippen molar-refractivity contribution in [3.8, 4) is 0 Å². The van der Waals surface area contributed by atoms with Crippen molar-refractivity contribution in [1.82, 2.24) is 19.1 Å². The van der Waals surface area contributed by atoms with E-state index in [4.69, 9.17) is 0 Å². The summed E-state index contributed by atoms with van der Waals surface area (Å²) in [5.74, 6) is 0.746. The van der Waals surface area contributed by atoms with Gasteiger partial charge < -0.3 is 9.13 Å². The summed E-state index contributed by atoms with van der Waals surface area (Å²) in [6.07, 6.45) is 3.62. The Kier molecular flexibility index (Phi) is 2.67. The normalized spacial score (nSPS) is 11.1. The number of benzene rings is 1. The van der Waals surface area contributed by atoms with E-state index in [1.807, 2.05) is 42.9 Å². The molecule has 0 saturated carbocycles. The lowest BCUT2D eigenvalue weighted by Crippen LogP contribution is -2.08. The lowest BCUT2D eigenvalue weighted by atomic mass is 10.2. The molecule has 0 saturated heterocycles. The van der Waals surface area contributed by atoms with Gasteiger partial charge in [0.2, 0.25) is 0 Å². The number of carbonyl (C=O) groups excluding carboxylic acids is 1. The van der Waals surface area contributed by atoms with Gasteiger partial charge in [-0.25, -0.2) is 9.97 Å². The van der Waals surface area contributed by atoms with Gasteiger partial charge in [-0.1, -0.05) is 12.1 Å². The summed E-state index contributed by atoms with van der Waals surface area (Å²) >= 11 is 0. The van der Waals surface area contributed by atoms with E-state index in [0.717, 1.165) is 16.9 Å². The average molecular weight is 254 g/mol. The van der Waals surface area contributed by atoms with Gasteiger partial charge >= 0.3 is 0 Å². The van der Waals surface area contributed by atoms with E-state index < -0.39 is 0 Å². The number of para-hydroxylation sites is 2. The molecule has 0 atom stereocenters. The number of Topliss-reactive ketones (excluding diaryl/α,β-unsaturated/α-hetero) is 1. The molecule has 0 N–H and O–H groups in total. The van der Waals surface area contributed by atoms with Crippen molar-refractivity contribution in [3.05, 3.63) is 48.3 Å². The first-order valence-electron chi connectivity index (χ1n) is 6.06. The van der Waals surface area contributed by atoms with E-state index in [1.54, 1.807) is 17.1 Å². The minimum Gasteiger partial charge on any atom is -0.340 e. The summed E-state index contributed by atoms with van der Waals surface area (Å²) in [6.45, 7) is 0. The molecular formula is C14H14N4O. The summed E-state index contributed by atoms with van der Waals surface area (Å²) in [5.41, 5.74) is 2.43. The zero-order valence-electron chi connectivity index (χ0n) is 10.9. The van der Waals surface area contributed by atoms with Crippen molar-refractivity contribution in [1.29, 1.82) is 0 Å². The third-order valence-electron chi connectivity index (χ3n) is 3.19. The number of aromatic nitrogens is 4. The molecule has 0 amide bonds. The number of carbonyl (C=O) groups is 1. The van der Waals surface area contributed by atoms with Crippen molar-refractivity contribution in [3.63, 3.8) is 0 Å². The highest BCUT2D eigenvalue weighted by molar-refractivity contribution is 5.95. The van der Waals surface area contributed by atoms with E-state index >= 15 is 0 Å². The maximum atomic E-state index is 12.1. The molecule has 0 spiro atoms. The molecule has 5 nitrogen and oxygen atoms in total. The summed E-state index contributed by atoms with van der Waals surface area (Å²) in [7, 11) is 3.77. The molecule has 3 rings (SSSR count). The SMILES string of the molecule is Cn1cnc(C(=O)Cc2nc3ccccc3n2C)c1. The Morgan fingerprint density at radius 1 is 1.26 bits per heavy atom. The zero-order chi connectivity index (χ0) is 13.4. The Hall–Kier alpha value is -2.43. The van der Waals surface area contributed by atoms with Crippen LogP contribution in [0.5, 0.6) is 0 Å². The van der Waals surface area contributed by atoms with E-state index in [-0.39, 0.29) is 12.2 Å². The monoisotopic (exact) mass is 254 g/mol. The van der Waals surface area contributed by atoms with Crippen LogP contribution in [0.4, 0.5) is 0 Å². The zero-order valence-corrected chi connectivity index (χ0v) is 10.9. The van der Waals surface area contributed by atoms with Gasteiger partial charge in [-0.05, 0) is 12.1 Å². The smallest absolute Gasteiger partial charge is 0.190 e. The van der Waals surface area contributed by atoms with E-state index in [9.17, 15) is 4.79 Å². The number of nitrogens with zero attached hydrogens (tertiary/aromatic N) is 4. The highest BCUT2D eigenvalue weighted by atomic mass is 16.1. The molecule has 0 aliphatic heterocycles. The van der Waals surface area contributed by atoms with Crippen LogP contribution in [0.25, 0.3) is 11.0 Å². The quantitative estimate of drug-likeness (QED) is 0.669. The molecule has 19 heavy (non-hydrogen) atoms. The van der Waals surface area contributed by atoms with Crippen LogP contribution in [0.3, 0.4) is 0 Å². The molecular weight excluding hydrogens is 240 g/mol. The molecule has 0 aliphatic rings. The predicted molar refractivity (Wildman–Crippen MR) is 72.0 cm³/mol. The molecule has 2 heterocycles. The fraction of sp³-hybridized carbons (Fsp3) is 0.214. The Balaban J connectivity index is 1.93. The number of hydrogen-bond donors (Lipinski definition) is 0. The molecule has 2 aromatic heterocycles. The van der Waals surface area contributed by atoms with Crippen LogP contribution in [-0.4, -0.2) is 24.9 Å². The van der Waals surface area contributed by atoms with Gasteiger partial charge in [-0.15, -0.1) is 0 Å². The van der Waals surface area contributed by atoms with Gasteiger partial charge in [-0.3, -0.25) is 4.79 Å². The van der Waals surface area contributed by atoms with Gasteiger partial charge in [0.15, 0.2) is 5.78 Å². The van der Waals surface area contributed by atoms with Gasteiger partial charge in [-0.2, -0.15) is 0 Å². The molecule has 0 unspecified atom stereocenters. The average Bonchev–Trinajstić information content (AvgIpc) is 2.96. The minimum absolute atomic E-state index is 0.0148. The second kappa shape index (κ2) is 4.35. The Morgan fingerprint density at radius 3 is 2.74 bits per heavy atom. The maximum absolute atomic E-state index is 12.1. The molecule has 96 valence electrons. The van der Waals surface area contributed by atoms with Crippen molar-refractivity contribution >= 4 is 16.8 Å². The third kappa shape index (κ3) is 2.03. The first-order valence-corrected chi connectivity index (χ1v) is 6.06. The Labute approximate surface area is 110 Å². The Bertz CT molecular complexity index is 754. The highest BCUT2D eigenvalue weighted by Crippen LogP contribution is 2.15. The Morgan fingerprint density at radius 2 is 2.05 bits per heavy atom. The lowest BCUT2D eigenvalue weighted by Gasteiger charge is -2.00. The molecule has 0 radical (unpaired) electrons. The predicted octanol–water partition coefficient (Wildman–Crippen LogP) is 1.73. The highest BCUT2D eigenvalue weighted by Gasteiger charge is 2.14. The number of imidazole rings is 2. The van der Waals surface area contributed by atoms with Crippen molar-refractivity contribution in [2.24, 2.45) is 14.1 Å². The largest absolute Gasteiger partial charge is 0.340 e. The molecule has 0 fully saturated rings. The van der Waals surface area contributed by atoms with Crippen molar-refractivity contribution in [2.75, 3.05) is 0 Å². The standard InChI is InChI=1S/C14H14N4O/c1-17-8-11(15-9-17)13(19)7-14-16-10-5-3-4-6-12(10)18(14)2/h3-6,8-9H,7H2,1-2H3. The number of aryl methyl sites for hydroxylation is 2. The number of hydrogen-bond acceptors (Lipinski definition) is 3. The molecule has 1 aromatic carbocycles. The molecule has 5 heteroatoms. The summed E-state index contributed by atoms with van der Waals surface area (Å²) in [4.78, 5) is 20.7. The minimum atomic E-state index is -0.0148. The molecule has 0 aliphatic carbocycles. The van der Waals surface area contributed by atoms with E-state index in [0.29, 0.717) is 5.69 Å². The van der Waals surface area contributed by atoms with E-state index in [1.165, 1.54) is 0 Å². The molecule has 3 aromatic rings. The third-order valence-corrected chi connectivity index (χ3v) is 3.19. The number of rotatable bonds is 3. The van der Waals surface area contributed by atoms with Crippen molar-refractivity contribution < 1.29 is 4.79 Å². The van der Waals surface area contributed by atoms with Crippen molar-refractivity contribution in [2.45, 2.75) is 6.42 Å². The summed E-state index contributed by atoms with van der Waals surface area (Å²) in [5, 5.41) is 0. The number of fused-ring (bicyclic) bond motifs is 1. The van der Waals surface area contributed by atoms with Crippen LogP contribution < -0.4 is 0 Å². The van der Waals surface area contributed by atoms with Crippen LogP contribution in [0, 0.1) is 0 Å². The van der Waals surface area contributed by atoms with Gasteiger partial charge in [0.1, 0.15) is 11.5 Å². The first-order chi connectivity index (χ1) is 9.15. The second-order valence-electron chi connectivity index (χ2n) is 4.60. The fourth-order valence-corrected chi connectivity index (χ4v) is 2.14. The van der Waals surface area contributed by atoms with Crippen LogP contribution in [-0.2, 0) is 20.5 Å². The lowest BCUT2D eigenvalue weighted by molar-refractivity contribution is 0.0985. The van der Waals surface area contributed by atoms with E-state index in [2.05, 4.69) is 9.97 Å². The summed E-state index contributed by atoms with van der Waals surface area (Å²) in [6, 6.07) is 7.86. The maximum Gasteiger partial charge on any atom is 0.190 e. The van der Waals surface area contributed by atoms with Gasteiger partial charge in [0.05, 0.1) is 23.8 Å². The fourth-order valence-electron chi connectivity index (χ4n) is 2.14. The van der Waals surface area contributed by atoms with Crippen LogP contribution in [0.2, 0.25) is 0 Å².